The monoisotopic (exact) mass is 221 g/mol. The smallest absolute Gasteiger partial charge is 0.189 e. The van der Waals surface area contributed by atoms with E-state index in [0.717, 1.165) is 17.7 Å². The van der Waals surface area contributed by atoms with Crippen molar-refractivity contribution in [3.05, 3.63) is 17.5 Å². The number of rotatable bonds is 4. The van der Waals surface area contributed by atoms with Crippen LogP contribution in [0.3, 0.4) is 0 Å². The van der Waals surface area contributed by atoms with Gasteiger partial charge in [0.2, 0.25) is 0 Å². The van der Waals surface area contributed by atoms with E-state index in [1.165, 1.54) is 12.8 Å². The molecular weight excluding hydrogens is 202 g/mol. The molecule has 0 amide bonds. The molecule has 0 saturated heterocycles. The summed E-state index contributed by atoms with van der Waals surface area (Å²) < 4.78 is 1.83. The zero-order chi connectivity index (χ0) is 11.5. The maximum absolute atomic E-state index is 5.77. The summed E-state index contributed by atoms with van der Waals surface area (Å²) in [4.78, 5) is 4.33. The van der Waals surface area contributed by atoms with Gasteiger partial charge < -0.3 is 11.1 Å². The highest BCUT2D eigenvalue weighted by Crippen LogP contribution is 2.18. The number of nitrogens with one attached hydrogen (secondary N) is 1. The Morgan fingerprint density at radius 1 is 1.69 bits per heavy atom. The van der Waals surface area contributed by atoms with Crippen LogP contribution in [-0.4, -0.2) is 21.8 Å². The number of nitrogens with two attached hydrogens (primary N) is 1. The number of hydrogen-bond donors (Lipinski definition) is 2. The van der Waals surface area contributed by atoms with Crippen LogP contribution in [0.2, 0.25) is 0 Å². The molecule has 0 aliphatic heterocycles. The molecule has 1 aromatic rings. The number of nitrogens with zero attached hydrogens (tertiary/aromatic N) is 3. The summed E-state index contributed by atoms with van der Waals surface area (Å²) in [5.74, 6) is 0.549. The highest BCUT2D eigenvalue weighted by molar-refractivity contribution is 5.78. The lowest BCUT2D eigenvalue weighted by Gasteiger charge is -2.02. The van der Waals surface area contributed by atoms with E-state index in [9.17, 15) is 0 Å². The SMILES string of the molecule is CCc1nn(C)cc1CN=C(N)NC1CC1. The fraction of sp³-hybridized carbons (Fsp3) is 0.636. The van der Waals surface area contributed by atoms with Crippen LogP contribution in [0.15, 0.2) is 11.2 Å². The zero-order valence-corrected chi connectivity index (χ0v) is 9.90. The number of aliphatic imine (C=N–C) groups is 1. The molecule has 1 fully saturated rings. The minimum atomic E-state index is 0.549. The third kappa shape index (κ3) is 2.74. The Labute approximate surface area is 95.7 Å². The van der Waals surface area contributed by atoms with Crippen molar-refractivity contribution in [1.82, 2.24) is 15.1 Å². The number of aromatic nitrogens is 2. The van der Waals surface area contributed by atoms with E-state index in [0.29, 0.717) is 18.5 Å². The predicted molar refractivity (Wildman–Crippen MR) is 64.1 cm³/mol. The highest BCUT2D eigenvalue weighted by Gasteiger charge is 2.21. The summed E-state index contributed by atoms with van der Waals surface area (Å²) in [7, 11) is 1.93. The molecule has 16 heavy (non-hydrogen) atoms. The lowest BCUT2D eigenvalue weighted by atomic mass is 10.2. The Hall–Kier alpha value is -1.52. The fourth-order valence-electron chi connectivity index (χ4n) is 1.67. The van der Waals surface area contributed by atoms with Gasteiger partial charge in [0.05, 0.1) is 12.2 Å². The predicted octanol–water partition coefficient (Wildman–Crippen LogP) is 0.549. The molecule has 2 rings (SSSR count). The standard InChI is InChI=1S/C11H19N5/c1-3-10-8(7-16(2)15-10)6-13-11(12)14-9-4-5-9/h7,9H,3-6H2,1-2H3,(H3,12,13,14). The molecule has 3 N–H and O–H groups in total. The largest absolute Gasteiger partial charge is 0.370 e. The van der Waals surface area contributed by atoms with Crippen molar-refractivity contribution in [3.63, 3.8) is 0 Å². The zero-order valence-electron chi connectivity index (χ0n) is 9.90. The Balaban J connectivity index is 1.96. The second-order valence-corrected chi connectivity index (χ2v) is 4.25. The van der Waals surface area contributed by atoms with E-state index in [4.69, 9.17) is 5.73 Å². The van der Waals surface area contributed by atoms with Gasteiger partial charge in [-0.1, -0.05) is 6.92 Å². The van der Waals surface area contributed by atoms with Crippen LogP contribution in [0.1, 0.15) is 31.0 Å². The molecule has 0 radical (unpaired) electrons. The van der Waals surface area contributed by atoms with Gasteiger partial charge in [-0.2, -0.15) is 5.10 Å². The lowest BCUT2D eigenvalue weighted by Crippen LogP contribution is -2.33. The quantitative estimate of drug-likeness (QED) is 0.576. The molecule has 5 heteroatoms. The molecular formula is C11H19N5. The van der Waals surface area contributed by atoms with Crippen molar-refractivity contribution < 1.29 is 0 Å². The molecule has 1 heterocycles. The van der Waals surface area contributed by atoms with Gasteiger partial charge in [0.15, 0.2) is 5.96 Å². The third-order valence-corrected chi connectivity index (χ3v) is 2.68. The van der Waals surface area contributed by atoms with E-state index < -0.39 is 0 Å². The average Bonchev–Trinajstić information content (AvgIpc) is 2.97. The maximum Gasteiger partial charge on any atom is 0.189 e. The van der Waals surface area contributed by atoms with Crippen molar-refractivity contribution >= 4 is 5.96 Å². The summed E-state index contributed by atoms with van der Waals surface area (Å²) in [5, 5.41) is 7.54. The van der Waals surface area contributed by atoms with Crippen molar-refractivity contribution in [2.45, 2.75) is 38.8 Å². The van der Waals surface area contributed by atoms with Crippen LogP contribution in [0.4, 0.5) is 0 Å². The van der Waals surface area contributed by atoms with Gasteiger partial charge in [0, 0.05) is 24.8 Å². The minimum absolute atomic E-state index is 0.549. The van der Waals surface area contributed by atoms with Crippen LogP contribution in [0.25, 0.3) is 0 Å². The lowest BCUT2D eigenvalue weighted by molar-refractivity contribution is 0.746. The average molecular weight is 221 g/mol. The second kappa shape index (κ2) is 4.55. The Morgan fingerprint density at radius 3 is 3.06 bits per heavy atom. The van der Waals surface area contributed by atoms with Gasteiger partial charge in [0.25, 0.3) is 0 Å². The van der Waals surface area contributed by atoms with Crippen LogP contribution in [0, 0.1) is 0 Å². The molecule has 1 aromatic heterocycles. The molecule has 0 bridgehead atoms. The first-order valence-corrected chi connectivity index (χ1v) is 5.77. The summed E-state index contributed by atoms with van der Waals surface area (Å²) >= 11 is 0. The van der Waals surface area contributed by atoms with Crippen LogP contribution in [-0.2, 0) is 20.0 Å². The summed E-state index contributed by atoms with van der Waals surface area (Å²) in [6.07, 6.45) is 5.36. The van der Waals surface area contributed by atoms with E-state index in [-0.39, 0.29) is 0 Å². The number of hydrogen-bond acceptors (Lipinski definition) is 2. The maximum atomic E-state index is 5.77. The molecule has 1 aliphatic carbocycles. The first-order chi connectivity index (χ1) is 7.69. The first-order valence-electron chi connectivity index (χ1n) is 5.77. The van der Waals surface area contributed by atoms with Crippen molar-refractivity contribution in [3.8, 4) is 0 Å². The molecule has 1 saturated carbocycles. The number of guanidine groups is 1. The summed E-state index contributed by atoms with van der Waals surface area (Å²) in [6.45, 7) is 2.71. The van der Waals surface area contributed by atoms with Crippen molar-refractivity contribution in [2.75, 3.05) is 0 Å². The van der Waals surface area contributed by atoms with Gasteiger partial charge in [-0.25, -0.2) is 4.99 Å². The summed E-state index contributed by atoms with van der Waals surface area (Å²) in [6, 6.07) is 0.559. The van der Waals surface area contributed by atoms with Gasteiger partial charge >= 0.3 is 0 Å². The van der Waals surface area contributed by atoms with Gasteiger partial charge in [-0.05, 0) is 19.3 Å². The van der Waals surface area contributed by atoms with E-state index in [1.54, 1.807) is 0 Å². The van der Waals surface area contributed by atoms with Crippen molar-refractivity contribution in [2.24, 2.45) is 17.8 Å². The third-order valence-electron chi connectivity index (χ3n) is 2.68. The molecule has 1 aliphatic rings. The molecule has 0 unspecified atom stereocenters. The molecule has 5 nitrogen and oxygen atoms in total. The number of aryl methyl sites for hydroxylation is 2. The molecule has 0 aromatic carbocycles. The van der Waals surface area contributed by atoms with Crippen LogP contribution < -0.4 is 11.1 Å². The molecule has 0 spiro atoms. The first kappa shape index (κ1) is 11.0. The van der Waals surface area contributed by atoms with E-state index in [2.05, 4.69) is 22.3 Å². The Bertz CT molecular complexity index is 389. The van der Waals surface area contributed by atoms with E-state index in [1.807, 2.05) is 17.9 Å². The molecule has 88 valence electrons. The van der Waals surface area contributed by atoms with Gasteiger partial charge in [0.1, 0.15) is 0 Å². The second-order valence-electron chi connectivity index (χ2n) is 4.25. The highest BCUT2D eigenvalue weighted by atomic mass is 15.3. The molecule has 0 atom stereocenters. The topological polar surface area (TPSA) is 68.2 Å². The minimum Gasteiger partial charge on any atom is -0.370 e. The van der Waals surface area contributed by atoms with E-state index >= 15 is 0 Å². The Morgan fingerprint density at radius 2 is 2.44 bits per heavy atom. The van der Waals surface area contributed by atoms with Gasteiger partial charge in [-0.3, -0.25) is 4.68 Å². The summed E-state index contributed by atoms with van der Waals surface area (Å²) in [5.41, 5.74) is 8.03. The fourth-order valence-corrected chi connectivity index (χ4v) is 1.67. The van der Waals surface area contributed by atoms with Crippen LogP contribution in [0.5, 0.6) is 0 Å². The van der Waals surface area contributed by atoms with Crippen LogP contribution >= 0.6 is 0 Å². The normalized spacial score (nSPS) is 16.5. The Kier molecular flexibility index (Phi) is 3.12. The van der Waals surface area contributed by atoms with Gasteiger partial charge in [-0.15, -0.1) is 0 Å². The van der Waals surface area contributed by atoms with Crippen molar-refractivity contribution in [1.29, 1.82) is 0 Å².